The number of nitrogens with one attached hydrogen (secondary N) is 2. The highest BCUT2D eigenvalue weighted by Gasteiger charge is 2.11. The molecule has 4 nitrogen and oxygen atoms in total. The molecule has 1 aliphatic rings. The van der Waals surface area contributed by atoms with Gasteiger partial charge < -0.3 is 10.6 Å². The number of amides is 1. The quantitative estimate of drug-likeness (QED) is 0.739. The second-order valence-corrected chi connectivity index (χ2v) is 7.33. The van der Waals surface area contributed by atoms with Crippen molar-refractivity contribution in [1.82, 2.24) is 10.6 Å². The number of carbonyl (C=O) groups is 1. The van der Waals surface area contributed by atoms with E-state index >= 15 is 0 Å². The lowest BCUT2D eigenvalue weighted by molar-refractivity contribution is 0.0951. The van der Waals surface area contributed by atoms with Crippen LogP contribution in [0.3, 0.4) is 0 Å². The fourth-order valence-corrected chi connectivity index (χ4v) is 3.49. The molecule has 7 heteroatoms. The van der Waals surface area contributed by atoms with Crippen LogP contribution in [0, 0.1) is 0 Å². The average molecular weight is 411 g/mol. The van der Waals surface area contributed by atoms with Crippen molar-refractivity contribution in [3.05, 3.63) is 68.2 Å². The van der Waals surface area contributed by atoms with Crippen molar-refractivity contribution in [2.24, 2.45) is 4.99 Å². The Morgan fingerprint density at radius 2 is 1.81 bits per heavy atom. The molecule has 0 fully saturated rings. The topological polar surface area (TPSA) is 53.5 Å². The molecule has 3 rings (SSSR count). The summed E-state index contributed by atoms with van der Waals surface area (Å²) in [5, 5.41) is 7.85. The molecule has 0 aliphatic carbocycles. The van der Waals surface area contributed by atoms with E-state index in [0.29, 0.717) is 33.7 Å². The van der Waals surface area contributed by atoms with E-state index in [1.54, 1.807) is 36.4 Å². The van der Waals surface area contributed by atoms with E-state index in [4.69, 9.17) is 34.8 Å². The third kappa shape index (κ3) is 5.13. The van der Waals surface area contributed by atoms with Gasteiger partial charge in [-0.25, -0.2) is 0 Å². The van der Waals surface area contributed by atoms with Gasteiger partial charge in [-0.1, -0.05) is 34.8 Å². The Morgan fingerprint density at radius 1 is 1.04 bits per heavy atom. The first-order chi connectivity index (χ1) is 12.5. The van der Waals surface area contributed by atoms with Gasteiger partial charge >= 0.3 is 0 Å². The number of nitrogens with zero attached hydrogens (tertiary/aromatic N) is 1. The normalized spacial score (nSPS) is 13.4. The fraction of sp³-hybridized carbons (Fsp3) is 0.263. The van der Waals surface area contributed by atoms with Crippen LogP contribution < -0.4 is 10.6 Å². The molecule has 0 saturated heterocycles. The minimum atomic E-state index is -0.183. The largest absolute Gasteiger partial charge is 0.370 e. The molecule has 0 bridgehead atoms. The van der Waals surface area contributed by atoms with Crippen molar-refractivity contribution in [3.8, 4) is 0 Å². The van der Waals surface area contributed by atoms with Gasteiger partial charge in [0.25, 0.3) is 5.91 Å². The highest BCUT2D eigenvalue weighted by Crippen LogP contribution is 2.20. The first kappa shape index (κ1) is 19.0. The maximum atomic E-state index is 12.4. The summed E-state index contributed by atoms with van der Waals surface area (Å²) < 4.78 is 0. The van der Waals surface area contributed by atoms with Gasteiger partial charge in [-0.15, -0.1) is 0 Å². The average Bonchev–Trinajstić information content (AvgIpc) is 3.11. The van der Waals surface area contributed by atoms with E-state index < -0.39 is 0 Å². The summed E-state index contributed by atoms with van der Waals surface area (Å²) in [5.41, 5.74) is 2.25. The molecule has 0 spiro atoms. The van der Waals surface area contributed by atoms with Crippen LogP contribution >= 0.6 is 34.8 Å². The lowest BCUT2D eigenvalue weighted by Crippen LogP contribution is -2.24. The highest BCUT2D eigenvalue weighted by atomic mass is 35.5. The summed E-state index contributed by atoms with van der Waals surface area (Å²) in [5.74, 6) is 0.811. The fourth-order valence-electron chi connectivity index (χ4n) is 2.73. The summed E-state index contributed by atoms with van der Waals surface area (Å²) >= 11 is 18.2. The summed E-state index contributed by atoms with van der Waals surface area (Å²) in [6.07, 6.45) is 2.03. The molecule has 0 radical (unpaired) electrons. The van der Waals surface area contributed by atoms with E-state index in [0.717, 1.165) is 36.3 Å². The van der Waals surface area contributed by atoms with Crippen molar-refractivity contribution >= 4 is 46.5 Å². The van der Waals surface area contributed by atoms with Crippen LogP contribution in [-0.4, -0.2) is 18.3 Å². The van der Waals surface area contributed by atoms with Crippen LogP contribution in [0.15, 0.2) is 41.4 Å². The summed E-state index contributed by atoms with van der Waals surface area (Å²) in [4.78, 5) is 16.8. The van der Waals surface area contributed by atoms with Gasteiger partial charge in [0.15, 0.2) is 0 Å². The number of rotatable bonds is 5. The minimum absolute atomic E-state index is 0.183. The predicted octanol–water partition coefficient (Wildman–Crippen LogP) is 4.86. The van der Waals surface area contributed by atoms with E-state index in [9.17, 15) is 4.79 Å². The smallest absolute Gasteiger partial charge is 0.251 e. The van der Waals surface area contributed by atoms with Gasteiger partial charge in [-0.05, 0) is 53.9 Å². The third-order valence-electron chi connectivity index (χ3n) is 4.04. The molecule has 136 valence electrons. The Bertz CT molecular complexity index is 832. The van der Waals surface area contributed by atoms with Crippen molar-refractivity contribution in [2.45, 2.75) is 25.9 Å². The van der Waals surface area contributed by atoms with E-state index in [2.05, 4.69) is 15.6 Å². The van der Waals surface area contributed by atoms with E-state index in [-0.39, 0.29) is 5.91 Å². The Hall–Kier alpha value is -1.75. The Balaban J connectivity index is 1.64. The Morgan fingerprint density at radius 3 is 2.50 bits per heavy atom. The zero-order valence-corrected chi connectivity index (χ0v) is 16.3. The number of benzene rings is 2. The molecule has 1 amide bonds. The number of hydrogen-bond donors (Lipinski definition) is 2. The molecule has 1 aliphatic heterocycles. The maximum absolute atomic E-state index is 12.4. The summed E-state index contributed by atoms with van der Waals surface area (Å²) in [7, 11) is 0. The molecule has 2 aromatic carbocycles. The minimum Gasteiger partial charge on any atom is -0.370 e. The third-order valence-corrected chi connectivity index (χ3v) is 4.85. The predicted molar refractivity (Wildman–Crippen MR) is 107 cm³/mol. The van der Waals surface area contributed by atoms with E-state index in [1.165, 1.54) is 0 Å². The molecular weight excluding hydrogens is 393 g/mol. The molecule has 0 atom stereocenters. The van der Waals surface area contributed by atoms with Crippen LogP contribution in [-0.2, 0) is 13.1 Å². The first-order valence-corrected chi connectivity index (χ1v) is 9.43. The number of halogens is 3. The van der Waals surface area contributed by atoms with Gasteiger partial charge in [0, 0.05) is 46.7 Å². The molecule has 0 unspecified atom stereocenters. The highest BCUT2D eigenvalue weighted by molar-refractivity contribution is 6.34. The Labute approximate surface area is 167 Å². The molecule has 2 N–H and O–H groups in total. The SMILES string of the molecule is O=C(NCc1cc(Cl)cc(Cl)c1)c1ccc(Cl)c(CNC2=NCCC2)c1. The lowest BCUT2D eigenvalue weighted by atomic mass is 10.1. The van der Waals surface area contributed by atoms with Crippen LogP contribution in [0.25, 0.3) is 0 Å². The van der Waals surface area contributed by atoms with Crippen LogP contribution in [0.5, 0.6) is 0 Å². The van der Waals surface area contributed by atoms with Gasteiger partial charge in [0.2, 0.25) is 0 Å². The van der Waals surface area contributed by atoms with Gasteiger partial charge in [0.05, 0.1) is 5.84 Å². The molecular formula is C19H18Cl3N3O. The summed E-state index contributed by atoms with van der Waals surface area (Å²) in [6.45, 7) is 1.75. The molecule has 0 saturated carbocycles. The monoisotopic (exact) mass is 409 g/mol. The first-order valence-electron chi connectivity index (χ1n) is 8.30. The standard InChI is InChI=1S/C19H18Cl3N3O/c20-15-6-12(7-16(21)9-15)10-25-19(26)13-3-4-17(22)14(8-13)11-24-18-2-1-5-23-18/h3-4,6-9H,1-2,5,10-11H2,(H,23,24)(H,25,26). The maximum Gasteiger partial charge on any atom is 0.251 e. The van der Waals surface area contributed by atoms with E-state index in [1.807, 2.05) is 0 Å². The molecule has 26 heavy (non-hydrogen) atoms. The van der Waals surface area contributed by atoms with Crippen molar-refractivity contribution in [2.75, 3.05) is 6.54 Å². The lowest BCUT2D eigenvalue weighted by Gasteiger charge is -2.11. The molecule has 2 aromatic rings. The number of aliphatic imine (C=N–C) groups is 1. The number of carbonyl (C=O) groups excluding carboxylic acids is 1. The zero-order valence-electron chi connectivity index (χ0n) is 14.0. The van der Waals surface area contributed by atoms with Crippen LogP contribution in [0.4, 0.5) is 0 Å². The Kier molecular flexibility index (Phi) is 6.41. The number of hydrogen-bond acceptors (Lipinski definition) is 3. The van der Waals surface area contributed by atoms with Crippen molar-refractivity contribution in [3.63, 3.8) is 0 Å². The second-order valence-electron chi connectivity index (χ2n) is 6.05. The van der Waals surface area contributed by atoms with Gasteiger partial charge in [-0.2, -0.15) is 0 Å². The van der Waals surface area contributed by atoms with Gasteiger partial charge in [-0.3, -0.25) is 9.79 Å². The second kappa shape index (κ2) is 8.76. The van der Waals surface area contributed by atoms with Crippen LogP contribution in [0.2, 0.25) is 15.1 Å². The molecule has 1 heterocycles. The summed E-state index contributed by atoms with van der Waals surface area (Å²) in [6, 6.07) is 10.4. The zero-order chi connectivity index (χ0) is 18.5. The van der Waals surface area contributed by atoms with Crippen molar-refractivity contribution < 1.29 is 4.79 Å². The molecule has 0 aromatic heterocycles. The van der Waals surface area contributed by atoms with Crippen LogP contribution in [0.1, 0.15) is 34.3 Å². The van der Waals surface area contributed by atoms with Crippen molar-refractivity contribution in [1.29, 1.82) is 0 Å². The van der Waals surface area contributed by atoms with Gasteiger partial charge in [0.1, 0.15) is 0 Å². The number of amidine groups is 1.